The lowest BCUT2D eigenvalue weighted by Crippen LogP contribution is -2.48. The van der Waals surface area contributed by atoms with Gasteiger partial charge in [0.1, 0.15) is 17.0 Å². The highest BCUT2D eigenvalue weighted by Crippen LogP contribution is 2.33. The molecule has 2 aromatic carbocycles. The molecule has 1 aliphatic rings. The number of benzene rings is 2. The number of carbonyl (C=O) groups excluding carboxylic acids is 1. The predicted octanol–water partition coefficient (Wildman–Crippen LogP) is 5.89. The summed E-state index contributed by atoms with van der Waals surface area (Å²) in [5.74, 6) is 0.972. The first-order valence-electron chi connectivity index (χ1n) is 13.2. The summed E-state index contributed by atoms with van der Waals surface area (Å²) in [7, 11) is 1.64. The molecule has 5 rings (SSSR count). The summed E-state index contributed by atoms with van der Waals surface area (Å²) in [6.45, 7) is 8.48. The highest BCUT2D eigenvalue weighted by Gasteiger charge is 2.34. The van der Waals surface area contributed by atoms with E-state index >= 15 is 0 Å². The van der Waals surface area contributed by atoms with Crippen molar-refractivity contribution in [3.8, 4) is 11.5 Å². The number of oxazole rings is 1. The second-order valence-corrected chi connectivity index (χ2v) is 11.3. The van der Waals surface area contributed by atoms with E-state index in [9.17, 15) is 4.79 Å². The molecule has 8 nitrogen and oxygen atoms in total. The Morgan fingerprint density at radius 3 is 2.62 bits per heavy atom. The Hall–Kier alpha value is -4.08. The Morgan fingerprint density at radius 1 is 1.25 bits per heavy atom. The van der Waals surface area contributed by atoms with E-state index in [2.05, 4.69) is 21.5 Å². The highest BCUT2D eigenvalue weighted by molar-refractivity contribution is 7.09. The zero-order valence-corrected chi connectivity index (χ0v) is 23.8. The Balaban J connectivity index is 1.43. The van der Waals surface area contributed by atoms with Gasteiger partial charge in [-0.3, -0.25) is 9.79 Å². The Kier molecular flexibility index (Phi) is 7.95. The van der Waals surface area contributed by atoms with Gasteiger partial charge in [-0.15, -0.1) is 11.3 Å². The second-order valence-electron chi connectivity index (χ2n) is 10.3. The van der Waals surface area contributed by atoms with Crippen LogP contribution in [0.3, 0.4) is 0 Å². The molecule has 9 heteroatoms. The zero-order chi connectivity index (χ0) is 28.3. The first kappa shape index (κ1) is 27.5. The van der Waals surface area contributed by atoms with E-state index in [4.69, 9.17) is 14.9 Å². The fourth-order valence-electron chi connectivity index (χ4n) is 4.63. The summed E-state index contributed by atoms with van der Waals surface area (Å²) in [4.78, 5) is 29.0. The van der Waals surface area contributed by atoms with Gasteiger partial charge in [0.15, 0.2) is 0 Å². The van der Waals surface area contributed by atoms with Gasteiger partial charge >= 0.3 is 0 Å². The molecule has 1 amide bonds. The molecular formula is C31H33N5O3S. The van der Waals surface area contributed by atoms with Crippen molar-refractivity contribution < 1.29 is 13.9 Å². The quantitative estimate of drug-likeness (QED) is 0.149. The molecule has 206 valence electrons. The van der Waals surface area contributed by atoms with E-state index in [1.165, 1.54) is 6.26 Å². The lowest BCUT2D eigenvalue weighted by molar-refractivity contribution is 0.0729. The molecule has 2 N–H and O–H groups in total. The first-order valence-corrected chi connectivity index (χ1v) is 14.1. The maximum atomic E-state index is 13.9. The van der Waals surface area contributed by atoms with Crippen LogP contribution in [-0.2, 0) is 17.7 Å². The fourth-order valence-corrected chi connectivity index (χ4v) is 5.40. The van der Waals surface area contributed by atoms with Crippen molar-refractivity contribution in [3.05, 3.63) is 100 Å². The predicted molar refractivity (Wildman–Crippen MR) is 158 cm³/mol. The molecular weight excluding hydrogens is 522 g/mol. The summed E-state index contributed by atoms with van der Waals surface area (Å²) in [6, 6.07) is 15.6. The molecule has 1 atom stereocenters. The smallest absolute Gasteiger partial charge is 0.254 e. The molecule has 40 heavy (non-hydrogen) atoms. The molecule has 1 saturated carbocycles. The SMILES string of the molecule is C=C(OC(=NC)C(C)(N)Cc1ccccc1)c1cc(C(=O)N(Cc2nc(C)cs2)C2CC2)cc(-c2ncco2)c1. The standard InChI is InChI=1S/C31H33N5O3S/c1-20-19-40-27(35-20)18-36(26-10-11-26)29(37)25-15-23(14-24(16-25)28-34-12-13-38-28)21(2)39-30(33-4)31(3,32)17-22-8-6-5-7-9-22/h5-9,12-16,19,26H,2,10-11,17-18,32H2,1,3-4H3. The molecule has 0 spiro atoms. The normalized spacial score (nSPS) is 14.9. The third-order valence-electron chi connectivity index (χ3n) is 6.73. The summed E-state index contributed by atoms with van der Waals surface area (Å²) in [5, 5.41) is 2.92. The summed E-state index contributed by atoms with van der Waals surface area (Å²) in [6.07, 6.45) is 5.55. The van der Waals surface area contributed by atoms with E-state index in [1.54, 1.807) is 36.7 Å². The van der Waals surface area contributed by atoms with Crippen LogP contribution < -0.4 is 5.73 Å². The third-order valence-corrected chi connectivity index (χ3v) is 7.68. The van der Waals surface area contributed by atoms with Gasteiger partial charge in [-0.05, 0) is 56.9 Å². The Labute approximate surface area is 238 Å². The van der Waals surface area contributed by atoms with Crippen LogP contribution in [0.1, 0.15) is 52.0 Å². The Morgan fingerprint density at radius 2 is 2.00 bits per heavy atom. The number of rotatable bonds is 10. The molecule has 1 unspecified atom stereocenters. The van der Waals surface area contributed by atoms with Crippen molar-refractivity contribution >= 4 is 28.9 Å². The average molecular weight is 556 g/mol. The van der Waals surface area contributed by atoms with E-state index in [1.807, 2.05) is 60.5 Å². The fraction of sp³-hybridized carbons (Fsp3) is 0.290. The van der Waals surface area contributed by atoms with E-state index < -0.39 is 5.54 Å². The van der Waals surface area contributed by atoms with Gasteiger partial charge in [0.05, 0.1) is 18.3 Å². The van der Waals surface area contributed by atoms with Gasteiger partial charge in [-0.25, -0.2) is 9.97 Å². The number of nitrogens with zero attached hydrogens (tertiary/aromatic N) is 4. The average Bonchev–Trinajstić information content (AvgIpc) is 3.46. The minimum atomic E-state index is -0.882. The van der Waals surface area contributed by atoms with Gasteiger partial charge < -0.3 is 19.8 Å². The van der Waals surface area contributed by atoms with Crippen molar-refractivity contribution in [2.24, 2.45) is 10.7 Å². The van der Waals surface area contributed by atoms with Crippen LogP contribution in [0.2, 0.25) is 0 Å². The van der Waals surface area contributed by atoms with Crippen LogP contribution in [-0.4, -0.2) is 45.3 Å². The van der Waals surface area contributed by atoms with Gasteiger partial charge in [-0.2, -0.15) is 0 Å². The number of thiazole rings is 1. The van der Waals surface area contributed by atoms with Crippen LogP contribution in [0.4, 0.5) is 0 Å². The van der Waals surface area contributed by atoms with Gasteiger partial charge in [-0.1, -0.05) is 36.9 Å². The highest BCUT2D eigenvalue weighted by atomic mass is 32.1. The lowest BCUT2D eigenvalue weighted by Gasteiger charge is -2.27. The molecule has 1 aliphatic carbocycles. The topological polar surface area (TPSA) is 107 Å². The largest absolute Gasteiger partial charge is 0.445 e. The van der Waals surface area contributed by atoms with Crippen molar-refractivity contribution in [2.75, 3.05) is 7.05 Å². The number of ether oxygens (including phenoxy) is 1. The van der Waals surface area contributed by atoms with E-state index in [-0.39, 0.29) is 11.9 Å². The molecule has 0 saturated heterocycles. The molecule has 2 aromatic heterocycles. The maximum Gasteiger partial charge on any atom is 0.254 e. The molecule has 1 fully saturated rings. The number of amides is 1. The number of aryl methyl sites for hydroxylation is 1. The molecule has 0 aliphatic heterocycles. The number of nitrogens with two attached hydrogens (primary N) is 1. The summed E-state index contributed by atoms with van der Waals surface area (Å²) >= 11 is 1.57. The van der Waals surface area contributed by atoms with Gasteiger partial charge in [0, 0.05) is 40.9 Å². The second kappa shape index (κ2) is 11.6. The number of hydrogen-bond donors (Lipinski definition) is 1. The van der Waals surface area contributed by atoms with Crippen LogP contribution in [0.5, 0.6) is 0 Å². The van der Waals surface area contributed by atoms with Crippen molar-refractivity contribution in [1.29, 1.82) is 0 Å². The lowest BCUT2D eigenvalue weighted by atomic mass is 9.93. The molecule has 4 aromatic rings. The molecule has 0 radical (unpaired) electrons. The number of aromatic nitrogens is 2. The monoisotopic (exact) mass is 555 g/mol. The molecule has 2 heterocycles. The maximum absolute atomic E-state index is 13.9. The van der Waals surface area contributed by atoms with Gasteiger partial charge in [0.25, 0.3) is 5.91 Å². The van der Waals surface area contributed by atoms with E-state index in [0.29, 0.717) is 47.2 Å². The zero-order valence-electron chi connectivity index (χ0n) is 23.0. The number of hydrogen-bond acceptors (Lipinski definition) is 8. The van der Waals surface area contributed by atoms with Gasteiger partial charge in [0.2, 0.25) is 11.8 Å². The van der Waals surface area contributed by atoms with Crippen molar-refractivity contribution in [1.82, 2.24) is 14.9 Å². The van der Waals surface area contributed by atoms with Crippen LogP contribution in [0.25, 0.3) is 17.2 Å². The minimum absolute atomic E-state index is 0.0880. The Bertz CT molecular complexity index is 1520. The summed E-state index contributed by atoms with van der Waals surface area (Å²) in [5.41, 5.74) is 9.57. The van der Waals surface area contributed by atoms with Crippen molar-refractivity contribution in [3.63, 3.8) is 0 Å². The minimum Gasteiger partial charge on any atom is -0.445 e. The van der Waals surface area contributed by atoms with E-state index in [0.717, 1.165) is 29.1 Å². The van der Waals surface area contributed by atoms with Crippen LogP contribution in [0, 0.1) is 6.92 Å². The summed E-state index contributed by atoms with van der Waals surface area (Å²) < 4.78 is 11.8. The van der Waals surface area contributed by atoms with Crippen LogP contribution in [0.15, 0.2) is 82.4 Å². The third kappa shape index (κ3) is 6.38. The van der Waals surface area contributed by atoms with Crippen molar-refractivity contribution in [2.45, 2.75) is 51.2 Å². The first-order chi connectivity index (χ1) is 19.2. The number of carbonyl (C=O) groups is 1. The van der Waals surface area contributed by atoms with Crippen LogP contribution >= 0.6 is 11.3 Å². The molecule has 0 bridgehead atoms. The number of aliphatic imine (C=N–C) groups is 1.